The van der Waals surface area contributed by atoms with Crippen LogP contribution < -0.4 is 10.1 Å². The first-order chi connectivity index (χ1) is 10.2. The Kier molecular flexibility index (Phi) is 4.56. The largest absolute Gasteiger partial charge is 0.489 e. The maximum atomic E-state index is 13.6. The van der Waals surface area contributed by atoms with E-state index in [9.17, 15) is 4.39 Å². The van der Waals surface area contributed by atoms with E-state index in [1.54, 1.807) is 12.1 Å². The van der Waals surface area contributed by atoms with Crippen LogP contribution in [0.4, 0.5) is 4.39 Å². The highest BCUT2D eigenvalue weighted by atomic mass is 79.9. The van der Waals surface area contributed by atoms with Crippen molar-refractivity contribution in [2.75, 3.05) is 0 Å². The SMILES string of the molecule is Fc1ccc(Br)cc1COc1ccc(CNC2CC2)cc1. The monoisotopic (exact) mass is 349 g/mol. The van der Waals surface area contributed by atoms with E-state index in [0.717, 1.165) is 16.8 Å². The molecule has 0 atom stereocenters. The standard InChI is InChI=1S/C17H17BrFNO/c18-14-3-8-17(19)13(9-14)11-21-16-6-1-12(2-7-16)10-20-15-4-5-15/h1-3,6-9,15,20H,4-5,10-11H2. The number of benzene rings is 2. The van der Waals surface area contributed by atoms with Crippen molar-refractivity contribution in [1.82, 2.24) is 5.32 Å². The van der Waals surface area contributed by atoms with Gasteiger partial charge in [-0.3, -0.25) is 0 Å². The van der Waals surface area contributed by atoms with Crippen LogP contribution in [0.25, 0.3) is 0 Å². The molecule has 2 nitrogen and oxygen atoms in total. The molecule has 110 valence electrons. The molecule has 0 aromatic heterocycles. The number of hydrogen-bond acceptors (Lipinski definition) is 2. The minimum Gasteiger partial charge on any atom is -0.489 e. The Bertz CT molecular complexity index is 611. The summed E-state index contributed by atoms with van der Waals surface area (Å²) in [6.45, 7) is 1.12. The lowest BCUT2D eigenvalue weighted by atomic mass is 10.2. The fraction of sp³-hybridized carbons (Fsp3) is 0.294. The fourth-order valence-corrected chi connectivity index (χ4v) is 2.48. The Balaban J connectivity index is 1.55. The molecule has 0 saturated heterocycles. The van der Waals surface area contributed by atoms with E-state index in [2.05, 4.69) is 21.2 Å². The molecular weight excluding hydrogens is 333 g/mol. The third kappa shape index (κ3) is 4.29. The molecule has 0 bridgehead atoms. The minimum absolute atomic E-state index is 0.227. The van der Waals surface area contributed by atoms with Crippen LogP contribution in [0.2, 0.25) is 0 Å². The second kappa shape index (κ2) is 6.58. The first kappa shape index (κ1) is 14.5. The minimum atomic E-state index is -0.247. The van der Waals surface area contributed by atoms with Crippen LogP contribution >= 0.6 is 15.9 Å². The molecule has 1 aliphatic rings. The molecule has 0 aliphatic heterocycles. The Morgan fingerprint density at radius 3 is 2.62 bits per heavy atom. The molecule has 0 spiro atoms. The summed E-state index contributed by atoms with van der Waals surface area (Å²) in [6.07, 6.45) is 2.58. The van der Waals surface area contributed by atoms with Gasteiger partial charge >= 0.3 is 0 Å². The summed E-state index contributed by atoms with van der Waals surface area (Å²) < 4.78 is 20.1. The molecule has 2 aromatic carbocycles. The van der Waals surface area contributed by atoms with Gasteiger partial charge < -0.3 is 10.1 Å². The first-order valence-corrected chi connectivity index (χ1v) is 7.89. The summed E-state index contributed by atoms with van der Waals surface area (Å²) in [4.78, 5) is 0. The van der Waals surface area contributed by atoms with Gasteiger partial charge in [-0.05, 0) is 48.7 Å². The van der Waals surface area contributed by atoms with Crippen molar-refractivity contribution >= 4 is 15.9 Å². The lowest BCUT2D eigenvalue weighted by molar-refractivity contribution is 0.299. The Hall–Kier alpha value is -1.39. The maximum Gasteiger partial charge on any atom is 0.129 e. The van der Waals surface area contributed by atoms with Crippen LogP contribution in [-0.2, 0) is 13.2 Å². The van der Waals surface area contributed by atoms with Crippen LogP contribution in [0.15, 0.2) is 46.9 Å². The van der Waals surface area contributed by atoms with Crippen LogP contribution in [0, 0.1) is 5.82 Å². The summed E-state index contributed by atoms with van der Waals surface area (Å²) in [7, 11) is 0. The van der Waals surface area contributed by atoms with Crippen molar-refractivity contribution in [2.24, 2.45) is 0 Å². The third-order valence-corrected chi connectivity index (χ3v) is 3.99. The highest BCUT2D eigenvalue weighted by molar-refractivity contribution is 9.10. The number of ether oxygens (including phenoxy) is 1. The fourth-order valence-electron chi connectivity index (χ4n) is 2.07. The zero-order valence-corrected chi connectivity index (χ0v) is 13.2. The van der Waals surface area contributed by atoms with Crippen molar-refractivity contribution in [3.63, 3.8) is 0 Å². The molecule has 4 heteroatoms. The van der Waals surface area contributed by atoms with E-state index in [-0.39, 0.29) is 12.4 Å². The van der Waals surface area contributed by atoms with Crippen LogP contribution in [0.3, 0.4) is 0 Å². The lowest BCUT2D eigenvalue weighted by Gasteiger charge is -2.09. The lowest BCUT2D eigenvalue weighted by Crippen LogP contribution is -2.15. The van der Waals surface area contributed by atoms with Gasteiger partial charge in [-0.2, -0.15) is 0 Å². The van der Waals surface area contributed by atoms with Crippen molar-refractivity contribution in [3.8, 4) is 5.75 Å². The average molecular weight is 350 g/mol. The van der Waals surface area contributed by atoms with Gasteiger partial charge in [0.2, 0.25) is 0 Å². The molecular formula is C17H17BrFNO. The molecule has 0 unspecified atom stereocenters. The Morgan fingerprint density at radius 1 is 1.14 bits per heavy atom. The number of rotatable bonds is 6. The quantitative estimate of drug-likeness (QED) is 0.833. The summed E-state index contributed by atoms with van der Waals surface area (Å²) in [5.74, 6) is 0.507. The smallest absolute Gasteiger partial charge is 0.129 e. The number of hydrogen-bond donors (Lipinski definition) is 1. The maximum absolute atomic E-state index is 13.6. The van der Waals surface area contributed by atoms with E-state index in [1.807, 2.05) is 24.3 Å². The van der Waals surface area contributed by atoms with Gasteiger partial charge in [0.1, 0.15) is 18.2 Å². The van der Waals surface area contributed by atoms with Crippen molar-refractivity contribution in [1.29, 1.82) is 0 Å². The normalized spacial score (nSPS) is 14.2. The zero-order chi connectivity index (χ0) is 14.7. The second-order valence-electron chi connectivity index (χ2n) is 5.32. The van der Waals surface area contributed by atoms with Crippen LogP contribution in [0.1, 0.15) is 24.0 Å². The molecule has 0 heterocycles. The molecule has 3 rings (SSSR count). The van der Waals surface area contributed by atoms with Crippen molar-refractivity contribution in [2.45, 2.75) is 32.0 Å². The Labute approximate surface area is 132 Å². The summed E-state index contributed by atoms with van der Waals surface area (Å²) >= 11 is 3.34. The predicted octanol–water partition coefficient (Wildman–Crippen LogP) is 4.42. The van der Waals surface area contributed by atoms with E-state index in [1.165, 1.54) is 24.5 Å². The highest BCUT2D eigenvalue weighted by Gasteiger charge is 2.19. The van der Waals surface area contributed by atoms with Crippen molar-refractivity contribution in [3.05, 3.63) is 63.9 Å². The van der Waals surface area contributed by atoms with E-state index < -0.39 is 0 Å². The number of halogens is 2. The molecule has 1 saturated carbocycles. The van der Waals surface area contributed by atoms with Gasteiger partial charge in [0.15, 0.2) is 0 Å². The van der Waals surface area contributed by atoms with Crippen molar-refractivity contribution < 1.29 is 9.13 Å². The first-order valence-electron chi connectivity index (χ1n) is 7.10. The molecule has 0 amide bonds. The molecule has 0 radical (unpaired) electrons. The third-order valence-electron chi connectivity index (χ3n) is 3.50. The summed E-state index contributed by atoms with van der Waals surface area (Å²) in [5.41, 5.74) is 1.78. The second-order valence-corrected chi connectivity index (χ2v) is 6.24. The van der Waals surface area contributed by atoms with Gasteiger partial charge in [-0.1, -0.05) is 28.1 Å². The van der Waals surface area contributed by atoms with E-state index >= 15 is 0 Å². The van der Waals surface area contributed by atoms with Gasteiger partial charge in [0, 0.05) is 22.6 Å². The van der Waals surface area contributed by atoms with Gasteiger partial charge in [-0.25, -0.2) is 4.39 Å². The highest BCUT2D eigenvalue weighted by Crippen LogP contribution is 2.21. The van der Waals surface area contributed by atoms with Crippen LogP contribution in [-0.4, -0.2) is 6.04 Å². The van der Waals surface area contributed by atoms with Gasteiger partial charge in [0.05, 0.1) is 0 Å². The summed E-state index contributed by atoms with van der Waals surface area (Å²) in [5, 5.41) is 3.47. The molecule has 2 aromatic rings. The average Bonchev–Trinajstić information content (AvgIpc) is 3.31. The van der Waals surface area contributed by atoms with Gasteiger partial charge in [-0.15, -0.1) is 0 Å². The summed E-state index contributed by atoms with van der Waals surface area (Å²) in [6, 6.07) is 13.5. The predicted molar refractivity (Wildman–Crippen MR) is 84.7 cm³/mol. The van der Waals surface area contributed by atoms with Crippen LogP contribution in [0.5, 0.6) is 5.75 Å². The zero-order valence-electron chi connectivity index (χ0n) is 11.6. The topological polar surface area (TPSA) is 21.3 Å². The Morgan fingerprint density at radius 2 is 1.90 bits per heavy atom. The molecule has 1 aliphatic carbocycles. The van der Waals surface area contributed by atoms with E-state index in [0.29, 0.717) is 11.6 Å². The molecule has 1 N–H and O–H groups in total. The number of nitrogens with one attached hydrogen (secondary N) is 1. The molecule has 1 fully saturated rings. The van der Waals surface area contributed by atoms with E-state index in [4.69, 9.17) is 4.74 Å². The van der Waals surface area contributed by atoms with Gasteiger partial charge in [0.25, 0.3) is 0 Å². The molecule has 21 heavy (non-hydrogen) atoms.